The largest absolute Gasteiger partial charge is 0.284 e. The molecule has 1 amide bonds. The van der Waals surface area contributed by atoms with Crippen LogP contribution in [0.2, 0.25) is 0 Å². The second-order valence-electron chi connectivity index (χ2n) is 3.18. The normalized spacial score (nSPS) is 17.2. The Labute approximate surface area is 80.7 Å². The van der Waals surface area contributed by atoms with Crippen LogP contribution in [0.3, 0.4) is 0 Å². The van der Waals surface area contributed by atoms with Gasteiger partial charge in [-0.25, -0.2) is 4.98 Å². The Morgan fingerprint density at radius 3 is 2.92 bits per heavy atom. The Morgan fingerprint density at radius 2 is 2.46 bits per heavy atom. The van der Waals surface area contributed by atoms with Crippen LogP contribution in [0.4, 0.5) is 5.13 Å². The molecule has 1 fully saturated rings. The van der Waals surface area contributed by atoms with Gasteiger partial charge in [0.1, 0.15) is 0 Å². The monoisotopic (exact) mass is 194 g/mol. The smallest absolute Gasteiger partial charge is 0.233 e. The molecular formula is C9H10N2OS. The molecule has 2 heterocycles. The van der Waals surface area contributed by atoms with E-state index in [0.29, 0.717) is 13.0 Å². The number of aromatic nitrogens is 1. The first-order valence-electron chi connectivity index (χ1n) is 4.06. The molecule has 1 aliphatic heterocycles. The minimum Gasteiger partial charge on any atom is -0.284 e. The second kappa shape index (κ2) is 2.96. The fraction of sp³-hybridized carbons (Fsp3) is 0.333. The Morgan fingerprint density at radius 1 is 1.69 bits per heavy atom. The predicted molar refractivity (Wildman–Crippen MR) is 53.0 cm³/mol. The van der Waals surface area contributed by atoms with Crippen molar-refractivity contribution in [3.8, 4) is 0 Å². The van der Waals surface area contributed by atoms with E-state index in [4.69, 9.17) is 0 Å². The number of amides is 1. The SMILES string of the molecule is C=C1CC(=O)N(c2nc(C)cs2)C1. The van der Waals surface area contributed by atoms with E-state index in [0.717, 1.165) is 16.4 Å². The maximum absolute atomic E-state index is 11.4. The summed E-state index contributed by atoms with van der Waals surface area (Å²) in [5.41, 5.74) is 1.93. The first-order valence-corrected chi connectivity index (χ1v) is 4.94. The number of carbonyl (C=O) groups excluding carboxylic acids is 1. The van der Waals surface area contributed by atoms with E-state index in [1.807, 2.05) is 12.3 Å². The summed E-state index contributed by atoms with van der Waals surface area (Å²) in [5, 5.41) is 2.74. The van der Waals surface area contributed by atoms with Crippen molar-refractivity contribution in [2.75, 3.05) is 11.4 Å². The molecule has 1 aromatic rings. The van der Waals surface area contributed by atoms with Crippen LogP contribution in [-0.4, -0.2) is 17.4 Å². The summed E-state index contributed by atoms with van der Waals surface area (Å²) < 4.78 is 0. The van der Waals surface area contributed by atoms with E-state index in [2.05, 4.69) is 11.6 Å². The number of aryl methyl sites for hydroxylation is 1. The lowest BCUT2D eigenvalue weighted by molar-refractivity contribution is -0.116. The maximum atomic E-state index is 11.4. The quantitative estimate of drug-likeness (QED) is 0.638. The van der Waals surface area contributed by atoms with Gasteiger partial charge in [-0.05, 0) is 12.5 Å². The molecule has 1 aliphatic rings. The average molecular weight is 194 g/mol. The minimum atomic E-state index is 0.111. The Hall–Kier alpha value is -1.16. The lowest BCUT2D eigenvalue weighted by atomic mass is 10.3. The third-order valence-electron chi connectivity index (χ3n) is 1.92. The fourth-order valence-corrected chi connectivity index (χ4v) is 2.14. The van der Waals surface area contributed by atoms with Gasteiger partial charge in [-0.3, -0.25) is 9.69 Å². The summed E-state index contributed by atoms with van der Waals surface area (Å²) in [6.45, 7) is 6.36. The third kappa shape index (κ3) is 1.49. The Balaban J connectivity index is 2.27. The molecule has 13 heavy (non-hydrogen) atoms. The van der Waals surface area contributed by atoms with Crippen LogP contribution < -0.4 is 4.90 Å². The zero-order chi connectivity index (χ0) is 9.42. The molecule has 0 spiro atoms. The summed E-state index contributed by atoms with van der Waals surface area (Å²) in [6, 6.07) is 0. The van der Waals surface area contributed by atoms with Gasteiger partial charge in [-0.2, -0.15) is 0 Å². The van der Waals surface area contributed by atoms with Gasteiger partial charge < -0.3 is 0 Å². The van der Waals surface area contributed by atoms with Gasteiger partial charge in [0, 0.05) is 18.3 Å². The number of carbonyl (C=O) groups is 1. The molecule has 3 nitrogen and oxygen atoms in total. The maximum Gasteiger partial charge on any atom is 0.233 e. The van der Waals surface area contributed by atoms with E-state index in [9.17, 15) is 4.79 Å². The van der Waals surface area contributed by atoms with Crippen molar-refractivity contribution >= 4 is 22.4 Å². The van der Waals surface area contributed by atoms with Gasteiger partial charge >= 0.3 is 0 Å². The van der Waals surface area contributed by atoms with E-state index in [-0.39, 0.29) is 5.91 Å². The molecule has 0 unspecified atom stereocenters. The highest BCUT2D eigenvalue weighted by Gasteiger charge is 2.26. The van der Waals surface area contributed by atoms with Crippen LogP contribution in [0.25, 0.3) is 0 Å². The third-order valence-corrected chi connectivity index (χ3v) is 2.90. The summed E-state index contributed by atoms with van der Waals surface area (Å²) in [4.78, 5) is 17.4. The number of hydrogen-bond donors (Lipinski definition) is 0. The van der Waals surface area contributed by atoms with Gasteiger partial charge in [-0.1, -0.05) is 6.58 Å². The van der Waals surface area contributed by atoms with Crippen molar-refractivity contribution in [1.82, 2.24) is 4.98 Å². The zero-order valence-electron chi connectivity index (χ0n) is 7.41. The lowest BCUT2D eigenvalue weighted by Crippen LogP contribution is -2.23. The summed E-state index contributed by atoms with van der Waals surface area (Å²) in [5.74, 6) is 0.111. The first kappa shape index (κ1) is 8.44. The van der Waals surface area contributed by atoms with E-state index in [1.54, 1.807) is 4.90 Å². The molecule has 68 valence electrons. The van der Waals surface area contributed by atoms with Gasteiger partial charge in [-0.15, -0.1) is 11.3 Å². The van der Waals surface area contributed by atoms with Crippen molar-refractivity contribution in [1.29, 1.82) is 0 Å². The molecule has 1 saturated heterocycles. The number of hydrogen-bond acceptors (Lipinski definition) is 3. The van der Waals surface area contributed by atoms with Gasteiger partial charge in [0.2, 0.25) is 5.91 Å². The summed E-state index contributed by atoms with van der Waals surface area (Å²) in [6.07, 6.45) is 0.471. The van der Waals surface area contributed by atoms with Crippen molar-refractivity contribution in [2.24, 2.45) is 0 Å². The van der Waals surface area contributed by atoms with Crippen LogP contribution in [0.5, 0.6) is 0 Å². The predicted octanol–water partition coefficient (Wildman–Crippen LogP) is 1.74. The van der Waals surface area contributed by atoms with Crippen LogP contribution in [0.15, 0.2) is 17.5 Å². The van der Waals surface area contributed by atoms with E-state index >= 15 is 0 Å². The molecule has 0 aromatic carbocycles. The van der Waals surface area contributed by atoms with Gasteiger partial charge in [0.15, 0.2) is 5.13 Å². The average Bonchev–Trinajstić information content (AvgIpc) is 2.58. The number of anilines is 1. The Bertz CT molecular complexity index is 369. The van der Waals surface area contributed by atoms with Gasteiger partial charge in [0.25, 0.3) is 0 Å². The van der Waals surface area contributed by atoms with E-state index in [1.165, 1.54) is 11.3 Å². The van der Waals surface area contributed by atoms with Crippen LogP contribution >= 0.6 is 11.3 Å². The summed E-state index contributed by atoms with van der Waals surface area (Å²) in [7, 11) is 0. The van der Waals surface area contributed by atoms with Gasteiger partial charge in [0.05, 0.1) is 5.69 Å². The number of nitrogens with zero attached hydrogens (tertiary/aromatic N) is 2. The minimum absolute atomic E-state index is 0.111. The van der Waals surface area contributed by atoms with Crippen LogP contribution in [0.1, 0.15) is 12.1 Å². The molecule has 2 rings (SSSR count). The van der Waals surface area contributed by atoms with Crippen LogP contribution in [-0.2, 0) is 4.79 Å². The molecule has 4 heteroatoms. The molecule has 0 atom stereocenters. The Kier molecular flexibility index (Phi) is 1.92. The zero-order valence-corrected chi connectivity index (χ0v) is 8.23. The lowest BCUT2D eigenvalue weighted by Gasteiger charge is -2.09. The second-order valence-corrected chi connectivity index (χ2v) is 4.01. The highest BCUT2D eigenvalue weighted by molar-refractivity contribution is 7.14. The first-order chi connectivity index (χ1) is 6.16. The van der Waals surface area contributed by atoms with Crippen molar-refractivity contribution in [3.63, 3.8) is 0 Å². The molecule has 0 saturated carbocycles. The summed E-state index contributed by atoms with van der Waals surface area (Å²) >= 11 is 1.51. The molecule has 0 bridgehead atoms. The molecule has 1 aromatic heterocycles. The van der Waals surface area contributed by atoms with E-state index < -0.39 is 0 Å². The van der Waals surface area contributed by atoms with Crippen LogP contribution in [0, 0.1) is 6.92 Å². The van der Waals surface area contributed by atoms with Crippen molar-refractivity contribution < 1.29 is 4.79 Å². The number of rotatable bonds is 1. The van der Waals surface area contributed by atoms with Crippen molar-refractivity contribution in [2.45, 2.75) is 13.3 Å². The van der Waals surface area contributed by atoms with Crippen molar-refractivity contribution in [3.05, 3.63) is 23.2 Å². The standard InChI is InChI=1S/C9H10N2OS/c1-6-3-8(12)11(4-6)9-10-7(2)5-13-9/h5H,1,3-4H2,2H3. The molecule has 0 aliphatic carbocycles. The topological polar surface area (TPSA) is 33.2 Å². The highest BCUT2D eigenvalue weighted by atomic mass is 32.1. The fourth-order valence-electron chi connectivity index (χ4n) is 1.32. The molecular weight excluding hydrogens is 184 g/mol. The molecule has 0 radical (unpaired) electrons. The highest BCUT2D eigenvalue weighted by Crippen LogP contribution is 2.26. The molecule has 0 N–H and O–H groups in total. The number of thiazole rings is 1.